The minimum absolute atomic E-state index is 0.0475. The normalized spacial score (nSPS) is 13.5. The number of carbonyl (C=O) groups excluding carboxylic acids is 2. The van der Waals surface area contributed by atoms with Crippen LogP contribution >= 0.6 is 7.82 Å². The number of rotatable bonds is 68. The molecular formula is C76H136NO8P. The molecule has 0 aromatic carbocycles. The van der Waals surface area contributed by atoms with Gasteiger partial charge < -0.3 is 20.1 Å². The molecule has 0 spiro atoms. The van der Waals surface area contributed by atoms with Crippen LogP contribution in [0.1, 0.15) is 341 Å². The number of phosphoric acid groups is 1. The van der Waals surface area contributed by atoms with Crippen molar-refractivity contribution < 1.29 is 37.6 Å². The third-order valence-electron chi connectivity index (χ3n) is 15.7. The average Bonchev–Trinajstić information content (AvgIpc) is 3.58. The second-order valence-corrected chi connectivity index (χ2v) is 25.5. The Kier molecular flexibility index (Phi) is 68.5. The SMILES string of the molecule is CC/C=C\C/C=C\C/C=C\C/C=C\C/C=C\C/C=C\C/C=C\C/C=C\CCCCCCCCC(=O)OC(COC(=O)CCCCCCCCCCCCCCCCCCCCCCCCCCCCCCCCCCCC)COP(=O)(O)OCCN. The van der Waals surface area contributed by atoms with E-state index in [0.29, 0.717) is 6.42 Å². The number of nitrogens with two attached hydrogens (primary N) is 1. The number of carbonyl (C=O) groups is 2. The Morgan fingerprint density at radius 3 is 0.953 bits per heavy atom. The second kappa shape index (κ2) is 71.0. The maximum absolute atomic E-state index is 12.8. The first kappa shape index (κ1) is 82.9. The van der Waals surface area contributed by atoms with Crippen LogP contribution in [-0.2, 0) is 32.7 Å². The van der Waals surface area contributed by atoms with Crippen molar-refractivity contribution in [2.45, 2.75) is 347 Å². The third kappa shape index (κ3) is 70.0. The van der Waals surface area contributed by atoms with Crippen LogP contribution < -0.4 is 5.73 Å². The fourth-order valence-corrected chi connectivity index (χ4v) is 11.2. The molecule has 0 heterocycles. The zero-order valence-corrected chi connectivity index (χ0v) is 56.9. The van der Waals surface area contributed by atoms with Gasteiger partial charge >= 0.3 is 19.8 Å². The summed E-state index contributed by atoms with van der Waals surface area (Å²) >= 11 is 0. The molecule has 0 aromatic rings. The molecule has 0 aliphatic heterocycles. The highest BCUT2D eigenvalue weighted by molar-refractivity contribution is 7.47. The summed E-state index contributed by atoms with van der Waals surface area (Å²) < 4.78 is 33.2. The van der Waals surface area contributed by atoms with E-state index in [9.17, 15) is 19.0 Å². The summed E-state index contributed by atoms with van der Waals surface area (Å²) in [5, 5.41) is 0. The predicted octanol–water partition coefficient (Wildman–Crippen LogP) is 23.9. The van der Waals surface area contributed by atoms with Gasteiger partial charge in [0.2, 0.25) is 0 Å². The van der Waals surface area contributed by atoms with Gasteiger partial charge in [0.1, 0.15) is 6.61 Å². The van der Waals surface area contributed by atoms with Gasteiger partial charge in [-0.25, -0.2) is 4.57 Å². The fourth-order valence-electron chi connectivity index (χ4n) is 10.4. The first-order chi connectivity index (χ1) is 42.3. The first-order valence-electron chi connectivity index (χ1n) is 36.2. The average molecular weight is 1220 g/mol. The molecule has 2 unspecified atom stereocenters. The van der Waals surface area contributed by atoms with Gasteiger partial charge in [-0.05, 0) is 77.0 Å². The number of unbranched alkanes of at least 4 members (excludes halogenated alkanes) is 39. The van der Waals surface area contributed by atoms with E-state index < -0.39 is 26.5 Å². The Hall–Kier alpha value is -3.07. The number of hydrogen-bond donors (Lipinski definition) is 2. The lowest BCUT2D eigenvalue weighted by molar-refractivity contribution is -0.161. The summed E-state index contributed by atoms with van der Waals surface area (Å²) in [5.74, 6) is -0.836. The van der Waals surface area contributed by atoms with Gasteiger partial charge in [0.15, 0.2) is 6.10 Å². The van der Waals surface area contributed by atoms with Gasteiger partial charge in [-0.15, -0.1) is 0 Å². The van der Waals surface area contributed by atoms with Crippen molar-refractivity contribution >= 4 is 19.8 Å². The highest BCUT2D eigenvalue weighted by Gasteiger charge is 2.26. The van der Waals surface area contributed by atoms with E-state index in [0.717, 1.165) is 109 Å². The predicted molar refractivity (Wildman–Crippen MR) is 372 cm³/mol. The quantitative estimate of drug-likeness (QED) is 0.0264. The molecule has 2 atom stereocenters. The van der Waals surface area contributed by atoms with Crippen LogP contribution in [0.25, 0.3) is 0 Å². The Balaban J connectivity index is 3.89. The van der Waals surface area contributed by atoms with Gasteiger partial charge in [0.25, 0.3) is 0 Å². The van der Waals surface area contributed by atoms with E-state index >= 15 is 0 Å². The number of phosphoric ester groups is 1. The minimum Gasteiger partial charge on any atom is -0.462 e. The molecule has 0 saturated carbocycles. The number of hydrogen-bond acceptors (Lipinski definition) is 8. The van der Waals surface area contributed by atoms with Gasteiger partial charge in [-0.3, -0.25) is 18.6 Å². The van der Waals surface area contributed by atoms with E-state index in [1.807, 2.05) is 0 Å². The Labute approximate surface area is 531 Å². The molecule has 0 radical (unpaired) electrons. The van der Waals surface area contributed by atoms with Gasteiger partial charge in [0.05, 0.1) is 13.2 Å². The highest BCUT2D eigenvalue weighted by atomic mass is 31.2. The maximum atomic E-state index is 12.8. The van der Waals surface area contributed by atoms with Crippen molar-refractivity contribution in [1.82, 2.24) is 0 Å². The molecule has 0 rings (SSSR count). The topological polar surface area (TPSA) is 134 Å². The van der Waals surface area contributed by atoms with E-state index in [1.54, 1.807) is 0 Å². The lowest BCUT2D eigenvalue weighted by Gasteiger charge is -2.19. The van der Waals surface area contributed by atoms with E-state index in [1.165, 1.54) is 199 Å². The van der Waals surface area contributed by atoms with Gasteiger partial charge in [0, 0.05) is 19.4 Å². The van der Waals surface area contributed by atoms with Crippen LogP contribution in [0, 0.1) is 0 Å². The van der Waals surface area contributed by atoms with Gasteiger partial charge in [-0.2, -0.15) is 0 Å². The fraction of sp³-hybridized carbons (Fsp3) is 0.763. The maximum Gasteiger partial charge on any atom is 0.472 e. The molecule has 3 N–H and O–H groups in total. The van der Waals surface area contributed by atoms with Gasteiger partial charge in [-0.1, -0.05) is 349 Å². The van der Waals surface area contributed by atoms with E-state index in [2.05, 4.69) is 111 Å². The molecule has 0 saturated heterocycles. The molecular weight excluding hydrogens is 1090 g/mol. The highest BCUT2D eigenvalue weighted by Crippen LogP contribution is 2.43. The summed E-state index contributed by atoms with van der Waals surface area (Å²) in [7, 11) is -4.40. The molecule has 498 valence electrons. The molecule has 0 aliphatic carbocycles. The standard InChI is InChI=1S/C76H136NO8P/c1-3-5-7-9-11-13-15-17-19-21-23-25-27-29-31-33-35-36-37-39-40-42-44-46-48-50-52-54-56-58-60-62-64-66-68-75(78)82-72-74(73-84-86(80,81)83-71-70-77)85-76(79)69-67-65-63-61-59-57-55-53-51-49-47-45-43-41-38-34-32-30-28-26-24-22-20-18-16-14-12-10-8-6-4-2/h6,8,12,14,18,20,24,26,30,32,38,41,45,47,51,53,74H,3-5,7,9-11,13,15-17,19,21-23,25,27-29,31,33-37,39-40,42-44,46,48-50,52,54-73,77H2,1-2H3,(H,80,81)/b8-6-,14-12-,20-18-,26-24-,32-30-,41-38-,47-45-,53-51-. The zero-order valence-electron chi connectivity index (χ0n) is 56.0. The monoisotopic (exact) mass is 1220 g/mol. The summed E-state index contributed by atoms with van der Waals surface area (Å²) in [6.45, 7) is 3.65. The zero-order chi connectivity index (χ0) is 62.3. The largest absolute Gasteiger partial charge is 0.472 e. The van der Waals surface area contributed by atoms with Crippen LogP contribution in [0.2, 0.25) is 0 Å². The smallest absolute Gasteiger partial charge is 0.462 e. The Morgan fingerprint density at radius 2 is 0.640 bits per heavy atom. The third-order valence-corrected chi connectivity index (χ3v) is 16.7. The minimum atomic E-state index is -4.40. The summed E-state index contributed by atoms with van der Waals surface area (Å²) in [4.78, 5) is 35.4. The first-order valence-corrected chi connectivity index (χ1v) is 37.7. The van der Waals surface area contributed by atoms with Crippen molar-refractivity contribution in [2.24, 2.45) is 5.73 Å². The van der Waals surface area contributed by atoms with Crippen molar-refractivity contribution in [3.05, 3.63) is 97.2 Å². The summed E-state index contributed by atoms with van der Waals surface area (Å²) in [6.07, 6.45) is 96.6. The Morgan fingerprint density at radius 1 is 0.360 bits per heavy atom. The molecule has 0 aliphatic rings. The summed E-state index contributed by atoms with van der Waals surface area (Å²) in [5.41, 5.74) is 5.40. The van der Waals surface area contributed by atoms with E-state index in [4.69, 9.17) is 24.3 Å². The van der Waals surface area contributed by atoms with Crippen LogP contribution in [0.15, 0.2) is 97.2 Å². The molecule has 0 aromatic heterocycles. The lowest BCUT2D eigenvalue weighted by Crippen LogP contribution is -2.29. The molecule has 0 bridgehead atoms. The molecule has 0 fully saturated rings. The number of allylic oxidation sites excluding steroid dienone is 16. The van der Waals surface area contributed by atoms with Crippen LogP contribution in [-0.4, -0.2) is 49.3 Å². The van der Waals surface area contributed by atoms with Crippen molar-refractivity contribution in [3.63, 3.8) is 0 Å². The number of ether oxygens (including phenoxy) is 2. The van der Waals surface area contributed by atoms with Crippen LogP contribution in [0.5, 0.6) is 0 Å². The molecule has 0 amide bonds. The molecule has 86 heavy (non-hydrogen) atoms. The Bertz CT molecular complexity index is 1730. The van der Waals surface area contributed by atoms with Crippen molar-refractivity contribution in [1.29, 1.82) is 0 Å². The number of esters is 2. The van der Waals surface area contributed by atoms with E-state index in [-0.39, 0.29) is 38.6 Å². The second-order valence-electron chi connectivity index (χ2n) is 24.1. The molecule has 9 nitrogen and oxygen atoms in total. The lowest BCUT2D eigenvalue weighted by atomic mass is 10.0. The van der Waals surface area contributed by atoms with Crippen LogP contribution in [0.3, 0.4) is 0 Å². The van der Waals surface area contributed by atoms with Crippen molar-refractivity contribution in [3.8, 4) is 0 Å². The molecule has 10 heteroatoms. The van der Waals surface area contributed by atoms with Crippen LogP contribution in [0.4, 0.5) is 0 Å². The summed E-state index contributed by atoms with van der Waals surface area (Å²) in [6, 6.07) is 0. The van der Waals surface area contributed by atoms with Crippen molar-refractivity contribution in [2.75, 3.05) is 26.4 Å².